The van der Waals surface area contributed by atoms with E-state index in [0.29, 0.717) is 0 Å². The highest BCUT2D eigenvalue weighted by Crippen LogP contribution is 2.23. The molecule has 27 heavy (non-hydrogen) atoms. The maximum atomic E-state index is 5.95. The van der Waals surface area contributed by atoms with E-state index in [4.69, 9.17) is 9.47 Å². The van der Waals surface area contributed by atoms with Crippen molar-refractivity contribution in [3.63, 3.8) is 0 Å². The molecular weight excluding hydrogens is 348 g/mol. The molecule has 0 amide bonds. The number of hydrogen-bond donors (Lipinski definition) is 0. The molecule has 0 atom stereocenters. The van der Waals surface area contributed by atoms with Crippen molar-refractivity contribution < 1.29 is 9.47 Å². The SMILES string of the molecule is COc1ccc([Si](C)(C)CCCc2cccc(Oc3ccccc3)c2)cc1. The van der Waals surface area contributed by atoms with Crippen molar-refractivity contribution in [2.45, 2.75) is 32.0 Å². The molecule has 0 bridgehead atoms. The normalized spacial score (nSPS) is 11.2. The van der Waals surface area contributed by atoms with Crippen molar-refractivity contribution in [1.82, 2.24) is 0 Å². The maximum absolute atomic E-state index is 5.95. The van der Waals surface area contributed by atoms with Crippen LogP contribution in [0.15, 0.2) is 78.9 Å². The molecule has 0 N–H and O–H groups in total. The average molecular weight is 377 g/mol. The molecule has 0 aliphatic heterocycles. The third kappa shape index (κ3) is 5.47. The summed E-state index contributed by atoms with van der Waals surface area (Å²) in [5.41, 5.74) is 1.34. The Balaban J connectivity index is 1.57. The smallest absolute Gasteiger partial charge is 0.127 e. The number of para-hydroxylation sites is 1. The van der Waals surface area contributed by atoms with Crippen LogP contribution in [0.4, 0.5) is 0 Å². The number of ether oxygens (including phenoxy) is 2. The van der Waals surface area contributed by atoms with Crippen LogP contribution in [0.25, 0.3) is 0 Å². The van der Waals surface area contributed by atoms with Gasteiger partial charge >= 0.3 is 0 Å². The van der Waals surface area contributed by atoms with E-state index in [-0.39, 0.29) is 0 Å². The van der Waals surface area contributed by atoms with Crippen molar-refractivity contribution in [2.75, 3.05) is 7.11 Å². The van der Waals surface area contributed by atoms with Gasteiger partial charge in [-0.15, -0.1) is 0 Å². The second-order valence-electron chi connectivity index (χ2n) is 7.53. The minimum atomic E-state index is -1.43. The lowest BCUT2D eigenvalue weighted by Crippen LogP contribution is -2.40. The van der Waals surface area contributed by atoms with Gasteiger partial charge < -0.3 is 9.47 Å². The lowest BCUT2D eigenvalue weighted by Gasteiger charge is -2.23. The molecule has 0 spiro atoms. The Hall–Kier alpha value is -2.52. The molecule has 3 heteroatoms. The Labute approximate surface area is 163 Å². The van der Waals surface area contributed by atoms with Gasteiger partial charge in [0.05, 0.1) is 15.2 Å². The van der Waals surface area contributed by atoms with E-state index in [9.17, 15) is 0 Å². The highest BCUT2D eigenvalue weighted by molar-refractivity contribution is 6.89. The molecule has 3 aromatic rings. The third-order valence-electron chi connectivity index (χ3n) is 5.02. The molecule has 3 rings (SSSR count). The highest BCUT2D eigenvalue weighted by Gasteiger charge is 2.22. The van der Waals surface area contributed by atoms with Crippen molar-refractivity contribution in [3.8, 4) is 17.2 Å². The second-order valence-corrected chi connectivity index (χ2v) is 12.4. The Morgan fingerprint density at radius 1 is 0.741 bits per heavy atom. The summed E-state index contributed by atoms with van der Waals surface area (Å²) in [6, 6.07) is 28.3. The molecular formula is C24H28O2Si. The van der Waals surface area contributed by atoms with Crippen LogP contribution in [-0.4, -0.2) is 15.2 Å². The minimum absolute atomic E-state index is 0.877. The van der Waals surface area contributed by atoms with Crippen molar-refractivity contribution in [1.29, 1.82) is 0 Å². The van der Waals surface area contributed by atoms with Gasteiger partial charge in [-0.2, -0.15) is 0 Å². The molecule has 0 unspecified atom stereocenters. The molecule has 0 fully saturated rings. The molecule has 0 aromatic heterocycles. The van der Waals surface area contributed by atoms with E-state index in [2.05, 4.69) is 55.6 Å². The lowest BCUT2D eigenvalue weighted by molar-refractivity contribution is 0.415. The number of aryl methyl sites for hydroxylation is 1. The fraction of sp³-hybridized carbons (Fsp3) is 0.250. The van der Waals surface area contributed by atoms with Crippen molar-refractivity contribution >= 4 is 13.3 Å². The predicted molar refractivity (Wildman–Crippen MR) is 116 cm³/mol. The minimum Gasteiger partial charge on any atom is -0.497 e. The Kier molecular flexibility index (Phi) is 6.35. The van der Waals surface area contributed by atoms with E-state index in [0.717, 1.165) is 23.7 Å². The van der Waals surface area contributed by atoms with Crippen LogP contribution in [0, 0.1) is 0 Å². The fourth-order valence-electron chi connectivity index (χ4n) is 3.31. The number of benzene rings is 3. The summed E-state index contributed by atoms with van der Waals surface area (Å²) >= 11 is 0. The molecule has 0 aliphatic rings. The van der Waals surface area contributed by atoms with E-state index < -0.39 is 8.07 Å². The summed E-state index contributed by atoms with van der Waals surface area (Å²) in [6.45, 7) is 4.90. The largest absolute Gasteiger partial charge is 0.497 e. The van der Waals surface area contributed by atoms with E-state index in [1.54, 1.807) is 7.11 Å². The summed E-state index contributed by atoms with van der Waals surface area (Å²) < 4.78 is 11.2. The zero-order chi connectivity index (χ0) is 19.1. The molecule has 3 aromatic carbocycles. The van der Waals surface area contributed by atoms with Gasteiger partial charge in [-0.25, -0.2) is 0 Å². The first-order valence-corrected chi connectivity index (χ1v) is 12.7. The monoisotopic (exact) mass is 376 g/mol. The summed E-state index contributed by atoms with van der Waals surface area (Å²) in [5, 5.41) is 1.49. The van der Waals surface area contributed by atoms with Gasteiger partial charge in [-0.1, -0.05) is 73.2 Å². The molecule has 140 valence electrons. The number of hydrogen-bond acceptors (Lipinski definition) is 2. The number of rotatable bonds is 8. The molecule has 0 saturated carbocycles. The van der Waals surface area contributed by atoms with Crippen LogP contribution in [0.5, 0.6) is 17.2 Å². The zero-order valence-electron chi connectivity index (χ0n) is 16.4. The van der Waals surface area contributed by atoms with Gasteiger partial charge in [0.15, 0.2) is 0 Å². The first-order valence-electron chi connectivity index (χ1n) is 9.53. The zero-order valence-corrected chi connectivity index (χ0v) is 17.4. The van der Waals surface area contributed by atoms with Crippen LogP contribution in [0.3, 0.4) is 0 Å². The number of methoxy groups -OCH3 is 1. The fourth-order valence-corrected chi connectivity index (χ4v) is 5.73. The summed E-state index contributed by atoms with van der Waals surface area (Å²) in [4.78, 5) is 0. The van der Waals surface area contributed by atoms with Gasteiger partial charge in [0.2, 0.25) is 0 Å². The molecule has 2 nitrogen and oxygen atoms in total. The second kappa shape index (κ2) is 8.91. The maximum Gasteiger partial charge on any atom is 0.127 e. The standard InChI is InChI=1S/C24H28O2Si/c1-25-21-14-16-24(17-15-21)27(2,3)18-8-10-20-9-7-13-23(19-20)26-22-11-5-4-6-12-22/h4-7,9,11-17,19H,8,10,18H2,1-3H3. The highest BCUT2D eigenvalue weighted by atomic mass is 28.3. The topological polar surface area (TPSA) is 18.5 Å². The van der Waals surface area contributed by atoms with Gasteiger partial charge in [0.25, 0.3) is 0 Å². The van der Waals surface area contributed by atoms with Crippen molar-refractivity contribution in [2.24, 2.45) is 0 Å². The van der Waals surface area contributed by atoms with Crippen LogP contribution < -0.4 is 14.7 Å². The average Bonchev–Trinajstić information content (AvgIpc) is 2.69. The van der Waals surface area contributed by atoms with Crippen LogP contribution in [-0.2, 0) is 6.42 Å². The Morgan fingerprint density at radius 3 is 2.15 bits per heavy atom. The van der Waals surface area contributed by atoms with E-state index in [1.807, 2.05) is 36.4 Å². The summed E-state index contributed by atoms with van der Waals surface area (Å²) in [5.74, 6) is 2.71. The van der Waals surface area contributed by atoms with Gasteiger partial charge in [-0.3, -0.25) is 0 Å². The third-order valence-corrected chi connectivity index (χ3v) is 8.52. The first kappa shape index (κ1) is 19.2. The molecule has 0 radical (unpaired) electrons. The molecule has 0 saturated heterocycles. The predicted octanol–water partition coefficient (Wildman–Crippen LogP) is 6.04. The summed E-state index contributed by atoms with van der Waals surface area (Å²) in [6.07, 6.45) is 2.28. The Bertz CT molecular complexity index is 842. The van der Waals surface area contributed by atoms with Gasteiger partial charge in [0, 0.05) is 0 Å². The van der Waals surface area contributed by atoms with Crippen LogP contribution >= 0.6 is 0 Å². The molecule has 0 heterocycles. The summed E-state index contributed by atoms with van der Waals surface area (Å²) in [7, 11) is 0.285. The first-order chi connectivity index (χ1) is 13.1. The van der Waals surface area contributed by atoms with Crippen molar-refractivity contribution in [3.05, 3.63) is 84.4 Å². The van der Waals surface area contributed by atoms with Gasteiger partial charge in [-0.05, 0) is 48.4 Å². The molecule has 0 aliphatic carbocycles. The van der Waals surface area contributed by atoms with E-state index >= 15 is 0 Å². The van der Waals surface area contributed by atoms with Crippen LogP contribution in [0.1, 0.15) is 12.0 Å². The lowest BCUT2D eigenvalue weighted by atomic mass is 10.1. The quantitative estimate of drug-likeness (QED) is 0.447. The van der Waals surface area contributed by atoms with E-state index in [1.165, 1.54) is 23.2 Å². The Morgan fingerprint density at radius 2 is 1.44 bits per heavy atom. The van der Waals surface area contributed by atoms with Crippen LogP contribution in [0.2, 0.25) is 19.1 Å². The van der Waals surface area contributed by atoms with Gasteiger partial charge in [0.1, 0.15) is 17.2 Å².